The summed E-state index contributed by atoms with van der Waals surface area (Å²) in [6, 6.07) is 2.12. The first-order valence-corrected chi connectivity index (χ1v) is 8.71. The quantitative estimate of drug-likeness (QED) is 0.675. The van der Waals surface area contributed by atoms with E-state index in [-0.39, 0.29) is 11.6 Å². The van der Waals surface area contributed by atoms with Crippen LogP contribution in [0.15, 0.2) is 17.1 Å². The zero-order valence-electron chi connectivity index (χ0n) is 13.1. The van der Waals surface area contributed by atoms with E-state index in [4.69, 9.17) is 4.98 Å². The van der Waals surface area contributed by atoms with E-state index in [9.17, 15) is 4.79 Å². The number of hydrogen-bond donors (Lipinski definition) is 3. The van der Waals surface area contributed by atoms with Gasteiger partial charge in [-0.3, -0.25) is 9.89 Å². The highest BCUT2D eigenvalue weighted by atomic mass is 32.1. The third-order valence-corrected chi connectivity index (χ3v) is 5.65. The van der Waals surface area contributed by atoms with Crippen LogP contribution >= 0.6 is 11.3 Å². The standard InChI is InChI=1S/C16H19N5OS/c1-8-3-4-17-12(5-8)15-19-11-6-13(10-7-18-21-9(10)2)23-14(11)16(22)20-15/h6-8,12,17H,3-5H2,1-2H3,(H,18,21)(H,19,20,22)/t8-,12?/m1/s1. The van der Waals surface area contributed by atoms with Gasteiger partial charge in [-0.25, -0.2) is 4.98 Å². The molecule has 0 amide bonds. The van der Waals surface area contributed by atoms with Crippen molar-refractivity contribution in [2.24, 2.45) is 5.92 Å². The second kappa shape index (κ2) is 5.58. The van der Waals surface area contributed by atoms with Crippen molar-refractivity contribution in [3.05, 3.63) is 34.1 Å². The summed E-state index contributed by atoms with van der Waals surface area (Å²) in [5.74, 6) is 1.40. The highest BCUT2D eigenvalue weighted by Gasteiger charge is 2.23. The zero-order valence-corrected chi connectivity index (χ0v) is 14.0. The van der Waals surface area contributed by atoms with Crippen LogP contribution in [0.25, 0.3) is 20.7 Å². The van der Waals surface area contributed by atoms with Crippen molar-refractivity contribution in [3.8, 4) is 10.4 Å². The molecule has 4 rings (SSSR count). The molecule has 0 radical (unpaired) electrons. The van der Waals surface area contributed by atoms with E-state index in [1.54, 1.807) is 6.20 Å². The van der Waals surface area contributed by atoms with Gasteiger partial charge in [-0.15, -0.1) is 11.3 Å². The van der Waals surface area contributed by atoms with Crippen LogP contribution in [-0.2, 0) is 0 Å². The van der Waals surface area contributed by atoms with Gasteiger partial charge in [0.1, 0.15) is 10.5 Å². The molecule has 2 atom stereocenters. The van der Waals surface area contributed by atoms with Gasteiger partial charge in [0, 0.05) is 16.1 Å². The van der Waals surface area contributed by atoms with Gasteiger partial charge in [0.05, 0.1) is 17.8 Å². The molecule has 7 heteroatoms. The highest BCUT2D eigenvalue weighted by molar-refractivity contribution is 7.22. The zero-order chi connectivity index (χ0) is 16.0. The van der Waals surface area contributed by atoms with Gasteiger partial charge in [-0.2, -0.15) is 5.10 Å². The van der Waals surface area contributed by atoms with E-state index in [1.165, 1.54) is 17.8 Å². The number of aromatic nitrogens is 4. The van der Waals surface area contributed by atoms with E-state index < -0.39 is 0 Å². The van der Waals surface area contributed by atoms with Crippen molar-refractivity contribution in [3.63, 3.8) is 0 Å². The van der Waals surface area contributed by atoms with Crippen LogP contribution in [0.2, 0.25) is 0 Å². The van der Waals surface area contributed by atoms with Crippen molar-refractivity contribution >= 4 is 21.6 Å². The van der Waals surface area contributed by atoms with Crippen molar-refractivity contribution in [1.29, 1.82) is 0 Å². The number of nitrogens with zero attached hydrogens (tertiary/aromatic N) is 2. The second-order valence-corrected chi connectivity index (χ2v) is 7.37. The Morgan fingerprint density at radius 1 is 1.39 bits per heavy atom. The topological polar surface area (TPSA) is 86.5 Å². The first-order chi connectivity index (χ1) is 11.1. The summed E-state index contributed by atoms with van der Waals surface area (Å²) in [6.45, 7) is 5.19. The second-order valence-electron chi connectivity index (χ2n) is 6.32. The number of rotatable bonds is 2. The summed E-state index contributed by atoms with van der Waals surface area (Å²) in [5.41, 5.74) is 2.74. The Labute approximate surface area is 137 Å². The lowest BCUT2D eigenvalue weighted by Crippen LogP contribution is -2.33. The van der Waals surface area contributed by atoms with Gasteiger partial charge < -0.3 is 10.3 Å². The molecule has 1 aliphatic rings. The largest absolute Gasteiger partial charge is 0.308 e. The number of fused-ring (bicyclic) bond motifs is 1. The summed E-state index contributed by atoms with van der Waals surface area (Å²) in [6.07, 6.45) is 3.97. The predicted molar refractivity (Wildman–Crippen MR) is 91.7 cm³/mol. The van der Waals surface area contributed by atoms with E-state index in [1.807, 2.05) is 13.0 Å². The van der Waals surface area contributed by atoms with Gasteiger partial charge in [0.15, 0.2) is 0 Å². The molecule has 1 aliphatic heterocycles. The summed E-state index contributed by atoms with van der Waals surface area (Å²) in [4.78, 5) is 21.2. The average molecular weight is 329 g/mol. The number of thiophene rings is 1. The van der Waals surface area contributed by atoms with E-state index in [0.29, 0.717) is 10.6 Å². The predicted octanol–water partition coefficient (Wildman–Crippen LogP) is 2.74. The smallest absolute Gasteiger partial charge is 0.268 e. The molecule has 4 heterocycles. The van der Waals surface area contributed by atoms with Gasteiger partial charge in [-0.1, -0.05) is 6.92 Å². The van der Waals surface area contributed by atoms with Crippen molar-refractivity contribution < 1.29 is 0 Å². The average Bonchev–Trinajstić information content (AvgIpc) is 3.13. The van der Waals surface area contributed by atoms with Crippen LogP contribution in [0.1, 0.15) is 37.3 Å². The fourth-order valence-electron chi connectivity index (χ4n) is 3.17. The number of aryl methyl sites for hydroxylation is 1. The number of piperidine rings is 1. The summed E-state index contributed by atoms with van der Waals surface area (Å²) in [5, 5.41) is 10.4. The molecule has 3 aromatic rings. The molecule has 0 spiro atoms. The molecule has 23 heavy (non-hydrogen) atoms. The minimum Gasteiger partial charge on any atom is -0.308 e. The van der Waals surface area contributed by atoms with Crippen molar-refractivity contribution in [2.45, 2.75) is 32.7 Å². The number of hydrogen-bond acceptors (Lipinski definition) is 5. The Balaban J connectivity index is 1.78. The lowest BCUT2D eigenvalue weighted by Gasteiger charge is -2.27. The Hall–Kier alpha value is -1.99. The van der Waals surface area contributed by atoms with E-state index in [2.05, 4.69) is 27.4 Å². The number of aromatic amines is 2. The van der Waals surface area contributed by atoms with Gasteiger partial charge in [0.2, 0.25) is 0 Å². The van der Waals surface area contributed by atoms with Crippen LogP contribution in [-0.4, -0.2) is 26.7 Å². The fourth-order valence-corrected chi connectivity index (χ4v) is 4.23. The molecular weight excluding hydrogens is 310 g/mol. The molecule has 120 valence electrons. The molecule has 0 aromatic carbocycles. The van der Waals surface area contributed by atoms with Crippen LogP contribution < -0.4 is 10.9 Å². The van der Waals surface area contributed by atoms with E-state index >= 15 is 0 Å². The van der Waals surface area contributed by atoms with Crippen molar-refractivity contribution in [1.82, 2.24) is 25.5 Å². The number of H-pyrrole nitrogens is 2. The molecule has 3 N–H and O–H groups in total. The lowest BCUT2D eigenvalue weighted by atomic mass is 9.94. The first kappa shape index (κ1) is 14.6. The lowest BCUT2D eigenvalue weighted by molar-refractivity contribution is 0.316. The monoisotopic (exact) mass is 329 g/mol. The van der Waals surface area contributed by atoms with Crippen molar-refractivity contribution in [2.75, 3.05) is 6.54 Å². The van der Waals surface area contributed by atoms with E-state index in [0.717, 1.165) is 40.4 Å². The summed E-state index contributed by atoms with van der Waals surface area (Å²) in [7, 11) is 0. The maximum absolute atomic E-state index is 12.5. The molecule has 0 saturated carbocycles. The minimum absolute atomic E-state index is 0.0533. The fraction of sp³-hybridized carbons (Fsp3) is 0.438. The molecule has 1 fully saturated rings. The minimum atomic E-state index is -0.0533. The SMILES string of the molecule is Cc1[nH]ncc1-c1cc2nc(C3C[C@H](C)CCN3)[nH]c(=O)c2s1. The van der Waals surface area contributed by atoms with Gasteiger partial charge in [0.25, 0.3) is 5.56 Å². The highest BCUT2D eigenvalue weighted by Crippen LogP contribution is 2.33. The number of nitrogens with one attached hydrogen (secondary N) is 3. The normalized spacial score (nSPS) is 21.8. The first-order valence-electron chi connectivity index (χ1n) is 7.89. The Bertz CT molecular complexity index is 909. The Kier molecular flexibility index (Phi) is 3.54. The van der Waals surface area contributed by atoms with Crippen LogP contribution in [0.5, 0.6) is 0 Å². The van der Waals surface area contributed by atoms with Gasteiger partial charge >= 0.3 is 0 Å². The van der Waals surface area contributed by atoms with Crippen LogP contribution in [0.3, 0.4) is 0 Å². The third-order valence-electron chi connectivity index (χ3n) is 4.49. The molecule has 0 bridgehead atoms. The maximum Gasteiger partial charge on any atom is 0.268 e. The maximum atomic E-state index is 12.5. The molecule has 3 aromatic heterocycles. The Morgan fingerprint density at radius 2 is 2.26 bits per heavy atom. The molecule has 1 unspecified atom stereocenters. The summed E-state index contributed by atoms with van der Waals surface area (Å²) >= 11 is 1.47. The summed E-state index contributed by atoms with van der Waals surface area (Å²) < 4.78 is 0.674. The molecule has 6 nitrogen and oxygen atoms in total. The molecule has 1 saturated heterocycles. The molecular formula is C16H19N5OS. The Morgan fingerprint density at radius 3 is 3.00 bits per heavy atom. The van der Waals surface area contributed by atoms with Crippen LogP contribution in [0, 0.1) is 12.8 Å². The third kappa shape index (κ3) is 2.60. The van der Waals surface area contributed by atoms with Gasteiger partial charge in [-0.05, 0) is 38.3 Å². The van der Waals surface area contributed by atoms with Crippen LogP contribution in [0.4, 0.5) is 0 Å². The molecule has 0 aliphatic carbocycles.